The summed E-state index contributed by atoms with van der Waals surface area (Å²) in [5.74, 6) is 2.86. The van der Waals surface area contributed by atoms with Crippen LogP contribution in [0.15, 0.2) is 18.2 Å². The van der Waals surface area contributed by atoms with E-state index in [-0.39, 0.29) is 5.97 Å². The number of thiazole rings is 1. The molecule has 0 radical (unpaired) electrons. The molecule has 1 aromatic carbocycles. The lowest BCUT2D eigenvalue weighted by molar-refractivity contribution is 0.0526. The molecule has 2 aromatic rings. The predicted molar refractivity (Wildman–Crippen MR) is 85.8 cm³/mol. The Balaban J connectivity index is 2.34. The highest BCUT2D eigenvalue weighted by Crippen LogP contribution is 2.23. The van der Waals surface area contributed by atoms with Crippen LogP contribution in [0.1, 0.15) is 22.3 Å². The van der Waals surface area contributed by atoms with Crippen molar-refractivity contribution in [1.82, 2.24) is 4.98 Å². The Hall–Kier alpha value is -1.64. The van der Waals surface area contributed by atoms with Crippen molar-refractivity contribution in [3.8, 4) is 11.5 Å². The van der Waals surface area contributed by atoms with Crippen molar-refractivity contribution in [3.05, 3.63) is 28.8 Å². The molecule has 0 amide bonds. The van der Waals surface area contributed by atoms with Crippen LogP contribution in [0.2, 0.25) is 19.6 Å². The third-order valence-corrected chi connectivity index (χ3v) is 4.25. The Morgan fingerprint density at radius 1 is 1.40 bits per heavy atom. The lowest BCUT2D eigenvalue weighted by atomic mass is 10.2. The highest BCUT2D eigenvalue weighted by molar-refractivity contribution is 7.19. The van der Waals surface area contributed by atoms with Crippen LogP contribution in [0.3, 0.4) is 0 Å². The summed E-state index contributed by atoms with van der Waals surface area (Å²) in [7, 11) is -1.40. The first-order chi connectivity index (χ1) is 9.39. The summed E-state index contributed by atoms with van der Waals surface area (Å²) in [6, 6.07) is 5.41. The fraction of sp³-hybridized carbons (Fsp3) is 0.333. The molecular weight excluding hydrogens is 286 g/mol. The van der Waals surface area contributed by atoms with Gasteiger partial charge in [0.05, 0.1) is 22.4 Å². The maximum absolute atomic E-state index is 11.7. The number of rotatable bonds is 2. The Bertz CT molecular complexity index is 704. The number of hydrogen-bond acceptors (Lipinski definition) is 4. The number of aromatic nitrogens is 1. The van der Waals surface area contributed by atoms with Crippen molar-refractivity contribution in [3.63, 3.8) is 0 Å². The summed E-state index contributed by atoms with van der Waals surface area (Å²) >= 11 is 1.52. The minimum absolute atomic E-state index is 0.294. The molecule has 0 aliphatic heterocycles. The molecule has 0 N–H and O–H groups in total. The molecule has 20 heavy (non-hydrogen) atoms. The maximum atomic E-state index is 11.7. The minimum Gasteiger partial charge on any atom is -0.462 e. The standard InChI is InChI=1S/C15H17NO2SSi/c1-5-18-15(17)11-6-7-12-13(10-11)19-14(16-12)8-9-20(2,3)4/h6-7,10H,5H2,1-4H3. The Morgan fingerprint density at radius 2 is 2.15 bits per heavy atom. The van der Waals surface area contributed by atoms with Crippen LogP contribution in [0.5, 0.6) is 0 Å². The van der Waals surface area contributed by atoms with Gasteiger partial charge in [-0.2, -0.15) is 0 Å². The van der Waals surface area contributed by atoms with Crippen LogP contribution in [0, 0.1) is 11.5 Å². The molecule has 0 aliphatic rings. The van der Waals surface area contributed by atoms with Gasteiger partial charge in [-0.1, -0.05) is 19.6 Å². The van der Waals surface area contributed by atoms with Gasteiger partial charge in [-0.05, 0) is 31.0 Å². The number of carbonyl (C=O) groups is 1. The normalized spacial score (nSPS) is 11.0. The van der Waals surface area contributed by atoms with Crippen LogP contribution in [0.4, 0.5) is 0 Å². The summed E-state index contributed by atoms with van der Waals surface area (Å²) in [5, 5.41) is 0.809. The van der Waals surface area contributed by atoms with Crippen LogP contribution < -0.4 is 0 Å². The summed E-state index contributed by atoms with van der Waals surface area (Å²) in [6.45, 7) is 8.78. The number of benzene rings is 1. The second kappa shape index (κ2) is 5.78. The Kier molecular flexibility index (Phi) is 4.26. The van der Waals surface area contributed by atoms with Crippen molar-refractivity contribution in [2.75, 3.05) is 6.61 Å². The van der Waals surface area contributed by atoms with Crippen LogP contribution in [-0.4, -0.2) is 25.6 Å². The quantitative estimate of drug-likeness (QED) is 0.482. The summed E-state index contributed by atoms with van der Waals surface area (Å²) in [5.41, 5.74) is 4.74. The second-order valence-electron chi connectivity index (χ2n) is 5.42. The van der Waals surface area contributed by atoms with Gasteiger partial charge in [0.15, 0.2) is 5.01 Å². The fourth-order valence-electron chi connectivity index (χ4n) is 1.56. The molecule has 0 fully saturated rings. The molecule has 104 valence electrons. The summed E-state index contributed by atoms with van der Waals surface area (Å²) in [6.07, 6.45) is 0. The molecule has 0 spiro atoms. The Morgan fingerprint density at radius 3 is 2.80 bits per heavy atom. The summed E-state index contributed by atoms with van der Waals surface area (Å²) < 4.78 is 5.97. The first kappa shape index (κ1) is 14.8. The molecule has 0 saturated heterocycles. The molecule has 5 heteroatoms. The van der Waals surface area contributed by atoms with Gasteiger partial charge in [0.25, 0.3) is 0 Å². The van der Waals surface area contributed by atoms with E-state index in [4.69, 9.17) is 4.74 Å². The maximum Gasteiger partial charge on any atom is 0.338 e. The van der Waals surface area contributed by atoms with Gasteiger partial charge in [-0.3, -0.25) is 0 Å². The number of esters is 1. The number of nitrogens with zero attached hydrogens (tertiary/aromatic N) is 1. The first-order valence-electron chi connectivity index (χ1n) is 6.50. The topological polar surface area (TPSA) is 39.2 Å². The average Bonchev–Trinajstić information content (AvgIpc) is 2.77. The molecule has 1 heterocycles. The zero-order valence-electron chi connectivity index (χ0n) is 12.1. The van der Waals surface area contributed by atoms with E-state index in [1.54, 1.807) is 13.0 Å². The molecule has 0 saturated carbocycles. The van der Waals surface area contributed by atoms with E-state index in [0.717, 1.165) is 15.2 Å². The molecule has 0 atom stereocenters. The average molecular weight is 303 g/mol. The van der Waals surface area contributed by atoms with Gasteiger partial charge in [-0.15, -0.1) is 16.9 Å². The van der Waals surface area contributed by atoms with Crippen LogP contribution in [-0.2, 0) is 4.74 Å². The highest BCUT2D eigenvalue weighted by atomic mass is 32.1. The molecule has 1 aromatic heterocycles. The number of fused-ring (bicyclic) bond motifs is 1. The van der Waals surface area contributed by atoms with E-state index in [1.165, 1.54) is 11.3 Å². The van der Waals surface area contributed by atoms with Crippen molar-refractivity contribution in [2.24, 2.45) is 0 Å². The monoisotopic (exact) mass is 303 g/mol. The van der Waals surface area contributed by atoms with Crippen molar-refractivity contribution < 1.29 is 9.53 Å². The van der Waals surface area contributed by atoms with Crippen molar-refractivity contribution in [1.29, 1.82) is 0 Å². The predicted octanol–water partition coefficient (Wildman–Crippen LogP) is 3.70. The van der Waals surface area contributed by atoms with Crippen molar-refractivity contribution in [2.45, 2.75) is 26.6 Å². The first-order valence-corrected chi connectivity index (χ1v) is 10.8. The number of carbonyl (C=O) groups excluding carboxylic acids is 1. The second-order valence-corrected chi connectivity index (χ2v) is 11.2. The van der Waals surface area contributed by atoms with E-state index in [1.807, 2.05) is 12.1 Å². The van der Waals surface area contributed by atoms with E-state index in [0.29, 0.717) is 12.2 Å². The van der Waals surface area contributed by atoms with E-state index >= 15 is 0 Å². The zero-order chi connectivity index (χ0) is 14.8. The molecule has 2 rings (SSSR count). The third-order valence-electron chi connectivity index (χ3n) is 2.44. The number of hydrogen-bond donors (Lipinski definition) is 0. The van der Waals surface area contributed by atoms with Gasteiger partial charge < -0.3 is 4.74 Å². The largest absolute Gasteiger partial charge is 0.462 e. The van der Waals surface area contributed by atoms with Gasteiger partial charge >= 0.3 is 5.97 Å². The Labute approximate surface area is 124 Å². The van der Waals surface area contributed by atoms with Crippen LogP contribution in [0.25, 0.3) is 10.2 Å². The highest BCUT2D eigenvalue weighted by Gasteiger charge is 2.11. The van der Waals surface area contributed by atoms with Gasteiger partial charge in [0.2, 0.25) is 0 Å². The molecule has 0 bridgehead atoms. The minimum atomic E-state index is -1.40. The third kappa shape index (κ3) is 3.68. The van der Waals surface area contributed by atoms with E-state index in [2.05, 4.69) is 36.1 Å². The summed E-state index contributed by atoms with van der Waals surface area (Å²) in [4.78, 5) is 16.2. The van der Waals surface area contributed by atoms with Gasteiger partial charge in [-0.25, -0.2) is 9.78 Å². The van der Waals surface area contributed by atoms with Gasteiger partial charge in [0.1, 0.15) is 8.07 Å². The molecule has 3 nitrogen and oxygen atoms in total. The molecular formula is C15H17NO2SSi. The van der Waals surface area contributed by atoms with E-state index in [9.17, 15) is 4.79 Å². The van der Waals surface area contributed by atoms with E-state index < -0.39 is 8.07 Å². The van der Waals surface area contributed by atoms with Crippen molar-refractivity contribution >= 4 is 35.6 Å². The lowest BCUT2D eigenvalue weighted by Crippen LogP contribution is -2.16. The zero-order valence-corrected chi connectivity index (χ0v) is 13.9. The molecule has 0 unspecified atom stereocenters. The van der Waals surface area contributed by atoms with Gasteiger partial charge in [0, 0.05) is 0 Å². The number of ether oxygens (including phenoxy) is 1. The fourth-order valence-corrected chi connectivity index (χ4v) is 3.00. The smallest absolute Gasteiger partial charge is 0.338 e. The lowest BCUT2D eigenvalue weighted by Gasteiger charge is -2.02. The SMILES string of the molecule is CCOC(=O)c1ccc2nc(C#C[Si](C)(C)C)sc2c1. The molecule has 0 aliphatic carbocycles. The van der Waals surface area contributed by atoms with Crippen LogP contribution >= 0.6 is 11.3 Å².